The van der Waals surface area contributed by atoms with Crippen LogP contribution in [0.5, 0.6) is 0 Å². The Kier molecular flexibility index (Phi) is 4.24. The first-order valence-corrected chi connectivity index (χ1v) is 7.88. The Balaban J connectivity index is 1.72. The second-order valence-corrected chi connectivity index (χ2v) is 6.29. The molecule has 0 spiro atoms. The lowest BCUT2D eigenvalue weighted by atomic mass is 10.0. The zero-order chi connectivity index (χ0) is 14.8. The molecule has 1 saturated carbocycles. The van der Waals surface area contributed by atoms with Gasteiger partial charge in [0, 0.05) is 26.5 Å². The highest BCUT2D eigenvalue weighted by molar-refractivity contribution is 5.77. The van der Waals surface area contributed by atoms with Crippen molar-refractivity contribution in [2.24, 2.45) is 5.92 Å². The number of aryl methyl sites for hydroxylation is 1. The Bertz CT molecular complexity index is 496. The molecule has 3 rings (SSSR count). The van der Waals surface area contributed by atoms with Crippen LogP contribution in [0.3, 0.4) is 0 Å². The second-order valence-electron chi connectivity index (χ2n) is 6.29. The Labute approximate surface area is 125 Å². The van der Waals surface area contributed by atoms with Gasteiger partial charge < -0.3 is 9.64 Å². The van der Waals surface area contributed by atoms with Crippen LogP contribution in [0.2, 0.25) is 0 Å². The average molecular weight is 292 g/mol. The molecular formula is C15H24N4O2. The summed E-state index contributed by atoms with van der Waals surface area (Å²) in [5, 5.41) is 7.12. The van der Waals surface area contributed by atoms with Gasteiger partial charge in [-0.05, 0) is 25.7 Å². The number of aromatic nitrogens is 3. The van der Waals surface area contributed by atoms with Gasteiger partial charge in [-0.3, -0.25) is 9.89 Å². The number of aromatic amines is 1. The average Bonchev–Trinajstić information content (AvgIpc) is 3.17. The molecule has 0 unspecified atom stereocenters. The molecule has 0 bridgehead atoms. The number of ether oxygens (including phenoxy) is 1. The summed E-state index contributed by atoms with van der Waals surface area (Å²) in [5.74, 6) is 2.29. The number of nitrogens with one attached hydrogen (secondary N) is 1. The molecule has 0 aromatic carbocycles. The number of methoxy groups -OCH3 is 1. The number of H-pyrrole nitrogens is 1. The molecule has 0 radical (unpaired) electrons. The number of hydrogen-bond donors (Lipinski definition) is 1. The fraction of sp³-hybridized carbons (Fsp3) is 0.800. The van der Waals surface area contributed by atoms with Crippen molar-refractivity contribution in [2.75, 3.05) is 13.7 Å². The van der Waals surface area contributed by atoms with E-state index >= 15 is 0 Å². The Morgan fingerprint density at radius 1 is 1.43 bits per heavy atom. The number of nitrogens with zero attached hydrogens (tertiary/aromatic N) is 3. The predicted molar refractivity (Wildman–Crippen MR) is 77.6 cm³/mol. The third-order valence-corrected chi connectivity index (χ3v) is 4.77. The highest BCUT2D eigenvalue weighted by atomic mass is 16.5. The van der Waals surface area contributed by atoms with Gasteiger partial charge in [0.15, 0.2) is 5.82 Å². The molecule has 2 aliphatic rings. The van der Waals surface area contributed by atoms with Crippen LogP contribution in [-0.2, 0) is 9.53 Å². The van der Waals surface area contributed by atoms with E-state index in [-0.39, 0.29) is 18.1 Å². The lowest BCUT2D eigenvalue weighted by Crippen LogP contribution is -2.33. The summed E-state index contributed by atoms with van der Waals surface area (Å²) < 4.78 is 5.46. The van der Waals surface area contributed by atoms with E-state index in [9.17, 15) is 4.79 Å². The normalized spacial score (nSPS) is 26.7. The van der Waals surface area contributed by atoms with Crippen molar-refractivity contribution in [1.82, 2.24) is 20.1 Å². The van der Waals surface area contributed by atoms with Crippen LogP contribution < -0.4 is 0 Å². The molecule has 1 aliphatic carbocycles. The van der Waals surface area contributed by atoms with Crippen molar-refractivity contribution in [3.05, 3.63) is 11.6 Å². The summed E-state index contributed by atoms with van der Waals surface area (Å²) >= 11 is 0. The lowest BCUT2D eigenvalue weighted by molar-refractivity contribution is -0.133. The van der Waals surface area contributed by atoms with Gasteiger partial charge in [-0.2, -0.15) is 5.10 Å². The van der Waals surface area contributed by atoms with Crippen LogP contribution in [-0.4, -0.2) is 45.7 Å². The molecule has 1 saturated heterocycles. The van der Waals surface area contributed by atoms with Gasteiger partial charge in [0.25, 0.3) is 0 Å². The van der Waals surface area contributed by atoms with E-state index in [1.165, 1.54) is 25.7 Å². The number of likely N-dealkylation sites (tertiary alicyclic amines) is 1. The highest BCUT2D eigenvalue weighted by Gasteiger charge is 2.39. The minimum absolute atomic E-state index is 0.0474. The second kappa shape index (κ2) is 6.13. The van der Waals surface area contributed by atoms with Crippen molar-refractivity contribution in [1.29, 1.82) is 0 Å². The number of carbonyl (C=O) groups is 1. The minimum Gasteiger partial charge on any atom is -0.380 e. The van der Waals surface area contributed by atoms with Crippen LogP contribution in [0.4, 0.5) is 0 Å². The third-order valence-electron chi connectivity index (χ3n) is 4.77. The lowest BCUT2D eigenvalue weighted by Gasteiger charge is -2.23. The van der Waals surface area contributed by atoms with Crippen molar-refractivity contribution < 1.29 is 9.53 Å². The van der Waals surface area contributed by atoms with E-state index in [0.717, 1.165) is 12.2 Å². The Morgan fingerprint density at radius 2 is 2.19 bits per heavy atom. The Hall–Kier alpha value is -1.43. The van der Waals surface area contributed by atoms with Crippen LogP contribution in [0.15, 0.2) is 0 Å². The molecule has 1 amide bonds. The molecular weight excluding hydrogens is 268 g/mol. The van der Waals surface area contributed by atoms with Gasteiger partial charge in [-0.1, -0.05) is 12.8 Å². The maximum Gasteiger partial charge on any atom is 0.223 e. The molecule has 1 aromatic rings. The standard InChI is InChI=1S/C15H24N4O2/c1-10-16-15(18-17-10)13-8-12(21-2)9-19(13)14(20)7-11-5-3-4-6-11/h11-13H,3-9H2,1-2H3,(H,16,17,18)/t12-,13-/m0/s1. The van der Waals surface area contributed by atoms with E-state index in [2.05, 4.69) is 15.2 Å². The summed E-state index contributed by atoms with van der Waals surface area (Å²) in [7, 11) is 1.70. The molecule has 6 heteroatoms. The maximum absolute atomic E-state index is 12.7. The molecule has 1 aromatic heterocycles. The first-order valence-electron chi connectivity index (χ1n) is 7.88. The smallest absolute Gasteiger partial charge is 0.223 e. The predicted octanol–water partition coefficient (Wildman–Crippen LogP) is 1.98. The maximum atomic E-state index is 12.7. The zero-order valence-corrected chi connectivity index (χ0v) is 12.8. The van der Waals surface area contributed by atoms with Gasteiger partial charge in [0.05, 0.1) is 12.1 Å². The monoisotopic (exact) mass is 292 g/mol. The van der Waals surface area contributed by atoms with Crippen LogP contribution in [0.1, 0.15) is 56.2 Å². The van der Waals surface area contributed by atoms with Gasteiger partial charge >= 0.3 is 0 Å². The van der Waals surface area contributed by atoms with Crippen molar-refractivity contribution in [3.63, 3.8) is 0 Å². The highest BCUT2D eigenvalue weighted by Crippen LogP contribution is 2.34. The number of carbonyl (C=O) groups excluding carboxylic acids is 1. The van der Waals surface area contributed by atoms with Gasteiger partial charge in [-0.25, -0.2) is 4.98 Å². The number of hydrogen-bond acceptors (Lipinski definition) is 4. The summed E-state index contributed by atoms with van der Waals surface area (Å²) in [4.78, 5) is 19.0. The summed E-state index contributed by atoms with van der Waals surface area (Å²) in [6, 6.07) is -0.0474. The summed E-state index contributed by atoms with van der Waals surface area (Å²) in [5.41, 5.74) is 0. The first-order chi connectivity index (χ1) is 10.2. The van der Waals surface area contributed by atoms with Gasteiger partial charge in [0.1, 0.15) is 5.82 Å². The van der Waals surface area contributed by atoms with Crippen LogP contribution >= 0.6 is 0 Å². The van der Waals surface area contributed by atoms with E-state index in [0.29, 0.717) is 24.7 Å². The molecule has 2 fully saturated rings. The number of amides is 1. The first kappa shape index (κ1) is 14.5. The van der Waals surface area contributed by atoms with Crippen molar-refractivity contribution in [3.8, 4) is 0 Å². The molecule has 21 heavy (non-hydrogen) atoms. The zero-order valence-electron chi connectivity index (χ0n) is 12.8. The van der Waals surface area contributed by atoms with Gasteiger partial charge in [0.2, 0.25) is 5.91 Å². The molecule has 1 aliphatic heterocycles. The molecule has 2 atom stereocenters. The van der Waals surface area contributed by atoms with E-state index < -0.39 is 0 Å². The fourth-order valence-corrected chi connectivity index (χ4v) is 3.58. The van der Waals surface area contributed by atoms with Crippen molar-refractivity contribution in [2.45, 2.75) is 57.6 Å². The van der Waals surface area contributed by atoms with Gasteiger partial charge in [-0.15, -0.1) is 0 Å². The SMILES string of the molecule is CO[C@H]1C[C@@H](c2n[nH]c(C)n2)N(C(=O)CC2CCCC2)C1. The van der Waals surface area contributed by atoms with Crippen LogP contribution in [0, 0.1) is 12.8 Å². The Morgan fingerprint density at radius 3 is 2.81 bits per heavy atom. The van der Waals surface area contributed by atoms with E-state index in [1.807, 2.05) is 11.8 Å². The minimum atomic E-state index is -0.0474. The number of rotatable bonds is 4. The fourth-order valence-electron chi connectivity index (χ4n) is 3.58. The largest absolute Gasteiger partial charge is 0.380 e. The third kappa shape index (κ3) is 3.10. The molecule has 2 heterocycles. The van der Waals surface area contributed by atoms with Crippen molar-refractivity contribution >= 4 is 5.91 Å². The molecule has 116 valence electrons. The molecule has 1 N–H and O–H groups in total. The van der Waals surface area contributed by atoms with E-state index in [4.69, 9.17) is 4.74 Å². The quantitative estimate of drug-likeness (QED) is 0.921. The summed E-state index contributed by atoms with van der Waals surface area (Å²) in [6.45, 7) is 2.53. The van der Waals surface area contributed by atoms with E-state index in [1.54, 1.807) is 7.11 Å². The topological polar surface area (TPSA) is 71.1 Å². The molecule has 6 nitrogen and oxygen atoms in total. The summed E-state index contributed by atoms with van der Waals surface area (Å²) in [6.07, 6.45) is 6.45. The van der Waals surface area contributed by atoms with Crippen LogP contribution in [0.25, 0.3) is 0 Å².